The Morgan fingerprint density at radius 2 is 2.05 bits per heavy atom. The third-order valence-corrected chi connectivity index (χ3v) is 4.68. The van der Waals surface area contributed by atoms with Crippen molar-refractivity contribution in [3.8, 4) is 0 Å². The Balaban J connectivity index is 1.86. The molecular formula is C14H11ClN2OS2. The summed E-state index contributed by atoms with van der Waals surface area (Å²) in [6.45, 7) is 0.950. The van der Waals surface area contributed by atoms with Crippen molar-refractivity contribution in [2.45, 2.75) is 6.54 Å². The number of thiophene rings is 1. The summed E-state index contributed by atoms with van der Waals surface area (Å²) in [5, 5.41) is 3.06. The average Bonchev–Trinajstić information content (AvgIpc) is 3.01. The molecule has 1 amide bonds. The highest BCUT2D eigenvalue weighted by Gasteiger charge is 2.34. The van der Waals surface area contributed by atoms with Crippen LogP contribution in [0, 0.1) is 0 Å². The van der Waals surface area contributed by atoms with E-state index < -0.39 is 0 Å². The number of benzene rings is 1. The van der Waals surface area contributed by atoms with Gasteiger partial charge in [-0.1, -0.05) is 29.8 Å². The third-order valence-electron chi connectivity index (χ3n) is 3.06. The predicted molar refractivity (Wildman–Crippen MR) is 86.3 cm³/mol. The number of hydrogen-bond acceptors (Lipinski definition) is 3. The van der Waals surface area contributed by atoms with Gasteiger partial charge in [0.05, 0.1) is 17.3 Å². The highest BCUT2D eigenvalue weighted by molar-refractivity contribution is 7.80. The van der Waals surface area contributed by atoms with E-state index in [1.165, 1.54) is 9.78 Å². The molecule has 0 bridgehead atoms. The van der Waals surface area contributed by atoms with Gasteiger partial charge in [-0.15, -0.1) is 11.3 Å². The first-order valence-corrected chi connectivity index (χ1v) is 7.72. The fourth-order valence-corrected chi connectivity index (χ4v) is 3.40. The van der Waals surface area contributed by atoms with Gasteiger partial charge in [-0.2, -0.15) is 0 Å². The maximum absolute atomic E-state index is 12.2. The SMILES string of the molecule is O=C1CN(Cc2cccs2)C(=S)N1c1ccccc1Cl. The lowest BCUT2D eigenvalue weighted by Crippen LogP contribution is -2.32. The molecule has 1 aromatic carbocycles. The van der Waals surface area contributed by atoms with Crippen LogP contribution in [0.4, 0.5) is 5.69 Å². The molecule has 102 valence electrons. The molecule has 3 rings (SSSR count). The summed E-state index contributed by atoms with van der Waals surface area (Å²) in [6.07, 6.45) is 0. The molecule has 1 fully saturated rings. The Hall–Kier alpha value is -1.43. The highest BCUT2D eigenvalue weighted by atomic mass is 35.5. The number of para-hydroxylation sites is 1. The Bertz CT molecular complexity index is 657. The number of nitrogens with zero attached hydrogens (tertiary/aromatic N) is 2. The van der Waals surface area contributed by atoms with Crippen LogP contribution in [0.25, 0.3) is 0 Å². The maximum atomic E-state index is 12.2. The van der Waals surface area contributed by atoms with Gasteiger partial charge in [-0.25, -0.2) is 0 Å². The smallest absolute Gasteiger partial charge is 0.252 e. The first-order chi connectivity index (χ1) is 9.66. The van der Waals surface area contributed by atoms with Gasteiger partial charge in [0.2, 0.25) is 0 Å². The molecule has 6 heteroatoms. The summed E-state index contributed by atoms with van der Waals surface area (Å²) in [7, 11) is 0. The van der Waals surface area contributed by atoms with Crippen molar-refractivity contribution in [1.29, 1.82) is 0 Å². The number of amides is 1. The van der Waals surface area contributed by atoms with Gasteiger partial charge in [0, 0.05) is 4.88 Å². The van der Waals surface area contributed by atoms with E-state index in [-0.39, 0.29) is 5.91 Å². The van der Waals surface area contributed by atoms with Gasteiger partial charge in [0.15, 0.2) is 5.11 Å². The third kappa shape index (κ3) is 2.44. The van der Waals surface area contributed by atoms with Crippen molar-refractivity contribution in [2.24, 2.45) is 0 Å². The minimum atomic E-state index is -0.0420. The second kappa shape index (κ2) is 5.52. The summed E-state index contributed by atoms with van der Waals surface area (Å²) >= 11 is 13.2. The Morgan fingerprint density at radius 1 is 1.25 bits per heavy atom. The van der Waals surface area contributed by atoms with E-state index in [0.29, 0.717) is 28.9 Å². The van der Waals surface area contributed by atoms with E-state index in [4.69, 9.17) is 23.8 Å². The number of halogens is 1. The second-order valence-corrected chi connectivity index (χ2v) is 6.20. The molecule has 0 atom stereocenters. The molecule has 0 spiro atoms. The van der Waals surface area contributed by atoms with E-state index in [9.17, 15) is 4.79 Å². The van der Waals surface area contributed by atoms with Crippen molar-refractivity contribution >= 4 is 51.9 Å². The van der Waals surface area contributed by atoms with Crippen molar-refractivity contribution < 1.29 is 4.79 Å². The minimum Gasteiger partial charge on any atom is -0.334 e. The van der Waals surface area contributed by atoms with Gasteiger partial charge in [0.25, 0.3) is 5.91 Å². The van der Waals surface area contributed by atoms with E-state index in [2.05, 4.69) is 0 Å². The number of thiocarbonyl (C=S) groups is 1. The van der Waals surface area contributed by atoms with Crippen molar-refractivity contribution in [3.05, 3.63) is 51.7 Å². The maximum Gasteiger partial charge on any atom is 0.252 e. The Morgan fingerprint density at radius 3 is 2.75 bits per heavy atom. The van der Waals surface area contributed by atoms with E-state index in [1.54, 1.807) is 23.5 Å². The van der Waals surface area contributed by atoms with Crippen LogP contribution >= 0.6 is 35.2 Å². The molecule has 20 heavy (non-hydrogen) atoms. The first-order valence-electron chi connectivity index (χ1n) is 6.05. The topological polar surface area (TPSA) is 23.6 Å². The van der Waals surface area contributed by atoms with Crippen molar-refractivity contribution in [3.63, 3.8) is 0 Å². The van der Waals surface area contributed by atoms with E-state index >= 15 is 0 Å². The summed E-state index contributed by atoms with van der Waals surface area (Å²) in [5.41, 5.74) is 0.651. The summed E-state index contributed by atoms with van der Waals surface area (Å²) < 4.78 is 0. The lowest BCUT2D eigenvalue weighted by atomic mass is 10.3. The molecule has 1 aromatic heterocycles. The summed E-state index contributed by atoms with van der Waals surface area (Å²) in [4.78, 5) is 16.8. The summed E-state index contributed by atoms with van der Waals surface area (Å²) in [5.74, 6) is -0.0420. The number of hydrogen-bond donors (Lipinski definition) is 0. The number of carbonyl (C=O) groups excluding carboxylic acids is 1. The van der Waals surface area contributed by atoms with E-state index in [0.717, 1.165) is 0 Å². The molecule has 1 aliphatic rings. The predicted octanol–water partition coefficient (Wildman–Crippen LogP) is 3.54. The largest absolute Gasteiger partial charge is 0.334 e. The highest BCUT2D eigenvalue weighted by Crippen LogP contribution is 2.29. The fraction of sp³-hybridized carbons (Fsp3) is 0.143. The molecule has 0 radical (unpaired) electrons. The number of anilines is 1. The van der Waals surface area contributed by atoms with Crippen LogP contribution in [0.15, 0.2) is 41.8 Å². The van der Waals surface area contributed by atoms with Crippen LogP contribution < -0.4 is 4.90 Å². The molecule has 0 unspecified atom stereocenters. The van der Waals surface area contributed by atoms with Gasteiger partial charge in [-0.05, 0) is 35.8 Å². The molecule has 1 saturated heterocycles. The van der Waals surface area contributed by atoms with Crippen LogP contribution in [-0.4, -0.2) is 22.5 Å². The van der Waals surface area contributed by atoms with Crippen molar-refractivity contribution in [2.75, 3.05) is 11.4 Å². The molecule has 1 aliphatic heterocycles. The second-order valence-electron chi connectivity index (χ2n) is 4.40. The molecule has 2 heterocycles. The molecule has 0 saturated carbocycles. The van der Waals surface area contributed by atoms with Crippen LogP contribution in [0.5, 0.6) is 0 Å². The van der Waals surface area contributed by atoms with Crippen LogP contribution in [0.2, 0.25) is 5.02 Å². The molecular weight excluding hydrogens is 312 g/mol. The molecule has 0 N–H and O–H groups in total. The minimum absolute atomic E-state index is 0.0420. The van der Waals surface area contributed by atoms with E-state index in [1.807, 2.05) is 34.5 Å². The van der Waals surface area contributed by atoms with Crippen LogP contribution in [0.3, 0.4) is 0 Å². The standard InChI is InChI=1S/C14H11ClN2OS2/c15-11-5-1-2-6-12(11)17-13(18)9-16(14(17)19)8-10-4-3-7-20-10/h1-7H,8-9H2. The molecule has 0 aliphatic carbocycles. The van der Waals surface area contributed by atoms with Gasteiger partial charge in [0.1, 0.15) is 6.54 Å². The van der Waals surface area contributed by atoms with Crippen molar-refractivity contribution in [1.82, 2.24) is 4.90 Å². The fourth-order valence-electron chi connectivity index (χ4n) is 2.13. The van der Waals surface area contributed by atoms with Crippen LogP contribution in [0.1, 0.15) is 4.88 Å². The number of carbonyl (C=O) groups is 1. The van der Waals surface area contributed by atoms with Gasteiger partial charge in [-0.3, -0.25) is 9.69 Å². The first kappa shape index (κ1) is 13.5. The molecule has 3 nitrogen and oxygen atoms in total. The Labute approximate surface area is 131 Å². The lowest BCUT2D eigenvalue weighted by molar-refractivity contribution is -0.116. The zero-order valence-electron chi connectivity index (χ0n) is 10.5. The Kier molecular flexibility index (Phi) is 3.74. The quantitative estimate of drug-likeness (QED) is 0.808. The zero-order chi connectivity index (χ0) is 14.1. The monoisotopic (exact) mass is 322 g/mol. The molecule has 2 aromatic rings. The number of rotatable bonds is 3. The van der Waals surface area contributed by atoms with Crippen LogP contribution in [-0.2, 0) is 11.3 Å². The lowest BCUT2D eigenvalue weighted by Gasteiger charge is -2.20. The average molecular weight is 323 g/mol. The normalized spacial score (nSPS) is 15.2. The zero-order valence-corrected chi connectivity index (χ0v) is 12.8. The van der Waals surface area contributed by atoms with Gasteiger partial charge < -0.3 is 4.90 Å². The van der Waals surface area contributed by atoms with Gasteiger partial charge >= 0.3 is 0 Å². The summed E-state index contributed by atoms with van der Waals surface area (Å²) in [6, 6.07) is 11.3.